The molecule has 2 heterocycles. The summed E-state index contributed by atoms with van der Waals surface area (Å²) in [6.45, 7) is 6.21. The van der Waals surface area contributed by atoms with Crippen LogP contribution in [0.15, 0.2) is 79.1 Å². The maximum absolute atomic E-state index is 13.3. The molecule has 0 aliphatic heterocycles. The molecular weight excluding hydrogens is 476 g/mol. The van der Waals surface area contributed by atoms with E-state index in [2.05, 4.69) is 20.5 Å². The number of amides is 1. The van der Waals surface area contributed by atoms with Crippen molar-refractivity contribution in [1.82, 2.24) is 25.1 Å². The molecule has 9 heteroatoms. The van der Waals surface area contributed by atoms with Crippen LogP contribution < -0.4 is 5.32 Å². The molecule has 0 aliphatic carbocycles. The van der Waals surface area contributed by atoms with Gasteiger partial charge in [0.25, 0.3) is 0 Å². The lowest BCUT2D eigenvalue weighted by Gasteiger charge is -2.30. The average Bonchev–Trinajstić information content (AvgIpc) is 3.35. The Morgan fingerprint density at radius 2 is 1.75 bits per heavy atom. The summed E-state index contributed by atoms with van der Waals surface area (Å²) in [7, 11) is 0. The molecule has 0 saturated heterocycles. The summed E-state index contributed by atoms with van der Waals surface area (Å²) >= 11 is 6.08. The number of ether oxygens (including phenoxy) is 1. The van der Waals surface area contributed by atoms with Crippen LogP contribution in [-0.4, -0.2) is 43.3 Å². The van der Waals surface area contributed by atoms with Crippen LogP contribution in [0.3, 0.4) is 0 Å². The Hall–Kier alpha value is -3.91. The van der Waals surface area contributed by atoms with Gasteiger partial charge in [-0.15, -0.1) is 0 Å². The topological polar surface area (TPSA) is 96.0 Å². The van der Waals surface area contributed by atoms with E-state index in [1.807, 2.05) is 75.4 Å². The second-order valence-corrected chi connectivity index (χ2v) is 9.77. The Labute approximate surface area is 215 Å². The van der Waals surface area contributed by atoms with Crippen LogP contribution in [0.1, 0.15) is 38.2 Å². The molecule has 1 unspecified atom stereocenters. The number of nitrogens with one attached hydrogen (secondary N) is 2. The van der Waals surface area contributed by atoms with Crippen molar-refractivity contribution in [3.05, 3.63) is 95.5 Å². The fourth-order valence-electron chi connectivity index (χ4n) is 3.56. The van der Waals surface area contributed by atoms with Crippen LogP contribution in [-0.2, 0) is 11.3 Å². The number of benzene rings is 2. The van der Waals surface area contributed by atoms with Crippen LogP contribution in [0.25, 0.3) is 11.4 Å². The number of aromatic amines is 1. The van der Waals surface area contributed by atoms with Crippen LogP contribution in [0.5, 0.6) is 0 Å². The third-order valence-corrected chi connectivity index (χ3v) is 5.48. The minimum absolute atomic E-state index is 0.275. The van der Waals surface area contributed by atoms with Gasteiger partial charge in [0, 0.05) is 35.2 Å². The SMILES string of the molecule is CC(C)(C)OC(=O)N(Cc1ccccc1)CC(Nc1ccc(Cl)cc1)c1nc(-c2ccncc2)n[nH]1. The van der Waals surface area contributed by atoms with E-state index in [9.17, 15) is 4.79 Å². The highest BCUT2D eigenvalue weighted by Gasteiger charge is 2.27. The standard InChI is InChI=1S/C27H29ClN6O2/c1-27(2,3)36-26(35)34(17-19-7-5-4-6-8-19)18-23(30-22-11-9-21(28)10-12-22)25-31-24(32-33-25)20-13-15-29-16-14-20/h4-16,23,30H,17-18H2,1-3H3,(H,31,32,33). The molecule has 0 fully saturated rings. The van der Waals surface area contributed by atoms with Crippen molar-refractivity contribution in [3.63, 3.8) is 0 Å². The molecule has 4 rings (SSSR count). The molecule has 1 amide bonds. The van der Waals surface area contributed by atoms with E-state index in [4.69, 9.17) is 21.3 Å². The number of pyridine rings is 1. The number of hydrogen-bond donors (Lipinski definition) is 2. The Kier molecular flexibility index (Phi) is 7.85. The summed E-state index contributed by atoms with van der Waals surface area (Å²) in [5.41, 5.74) is 2.02. The number of aromatic nitrogens is 4. The predicted octanol–water partition coefficient (Wildman–Crippen LogP) is 6.11. The molecule has 8 nitrogen and oxygen atoms in total. The smallest absolute Gasteiger partial charge is 0.410 e. The Balaban J connectivity index is 1.65. The van der Waals surface area contributed by atoms with Gasteiger partial charge in [0.1, 0.15) is 17.5 Å². The highest BCUT2D eigenvalue weighted by molar-refractivity contribution is 6.30. The van der Waals surface area contributed by atoms with E-state index in [1.54, 1.807) is 29.4 Å². The van der Waals surface area contributed by atoms with Crippen LogP contribution >= 0.6 is 11.6 Å². The quantitative estimate of drug-likeness (QED) is 0.300. The molecule has 2 aromatic heterocycles. The number of anilines is 1. The minimum atomic E-state index is -0.633. The van der Waals surface area contributed by atoms with Crippen LogP contribution in [0.4, 0.5) is 10.5 Å². The number of carbonyl (C=O) groups excluding carboxylic acids is 1. The number of nitrogens with zero attached hydrogens (tertiary/aromatic N) is 4. The lowest BCUT2D eigenvalue weighted by atomic mass is 10.1. The third kappa shape index (κ3) is 7.05. The number of H-pyrrole nitrogens is 1. The number of halogens is 1. The summed E-state index contributed by atoms with van der Waals surface area (Å²) in [5, 5.41) is 11.5. The van der Waals surface area contributed by atoms with Gasteiger partial charge in [0.05, 0.1) is 6.54 Å². The maximum Gasteiger partial charge on any atom is 0.410 e. The van der Waals surface area contributed by atoms with Gasteiger partial charge in [0.2, 0.25) is 0 Å². The molecule has 1 atom stereocenters. The van der Waals surface area contributed by atoms with Crippen molar-refractivity contribution in [3.8, 4) is 11.4 Å². The van der Waals surface area contributed by atoms with E-state index in [0.29, 0.717) is 23.2 Å². The first-order valence-electron chi connectivity index (χ1n) is 11.6. The molecule has 4 aromatic rings. The van der Waals surface area contributed by atoms with Crippen molar-refractivity contribution < 1.29 is 9.53 Å². The predicted molar refractivity (Wildman–Crippen MR) is 141 cm³/mol. The molecule has 36 heavy (non-hydrogen) atoms. The van der Waals surface area contributed by atoms with Gasteiger partial charge < -0.3 is 15.0 Å². The van der Waals surface area contributed by atoms with E-state index in [0.717, 1.165) is 16.8 Å². The monoisotopic (exact) mass is 504 g/mol. The molecule has 0 radical (unpaired) electrons. The van der Waals surface area contributed by atoms with Gasteiger partial charge in [-0.3, -0.25) is 10.1 Å². The van der Waals surface area contributed by atoms with Gasteiger partial charge in [-0.2, -0.15) is 5.10 Å². The molecule has 0 saturated carbocycles. The summed E-state index contributed by atoms with van der Waals surface area (Å²) in [4.78, 5) is 23.7. The van der Waals surface area contributed by atoms with Gasteiger partial charge in [-0.25, -0.2) is 9.78 Å². The fraction of sp³-hybridized carbons (Fsp3) is 0.259. The van der Waals surface area contributed by atoms with Crippen molar-refractivity contribution >= 4 is 23.4 Å². The first kappa shape index (κ1) is 25.2. The fourth-order valence-corrected chi connectivity index (χ4v) is 3.69. The molecule has 2 aromatic carbocycles. The van der Waals surface area contributed by atoms with E-state index in [1.165, 1.54) is 0 Å². The summed E-state index contributed by atoms with van der Waals surface area (Å²) in [6.07, 6.45) is 2.97. The average molecular weight is 505 g/mol. The summed E-state index contributed by atoms with van der Waals surface area (Å²) in [5.74, 6) is 1.13. The van der Waals surface area contributed by atoms with Gasteiger partial charge in [-0.05, 0) is 62.7 Å². The first-order chi connectivity index (χ1) is 17.3. The van der Waals surface area contributed by atoms with Crippen molar-refractivity contribution in [2.45, 2.75) is 39.0 Å². The first-order valence-corrected chi connectivity index (χ1v) is 12.0. The molecule has 0 spiro atoms. The molecule has 186 valence electrons. The summed E-state index contributed by atoms with van der Waals surface area (Å²) in [6, 6.07) is 20.4. The normalized spacial score (nSPS) is 12.1. The Bertz CT molecular complexity index is 1260. The molecule has 2 N–H and O–H groups in total. The van der Waals surface area contributed by atoms with Crippen molar-refractivity contribution in [2.24, 2.45) is 0 Å². The van der Waals surface area contributed by atoms with E-state index < -0.39 is 17.7 Å². The number of hydrogen-bond acceptors (Lipinski definition) is 6. The Morgan fingerprint density at radius 3 is 2.42 bits per heavy atom. The van der Waals surface area contributed by atoms with Gasteiger partial charge in [0.15, 0.2) is 5.82 Å². The third-order valence-electron chi connectivity index (χ3n) is 5.23. The van der Waals surface area contributed by atoms with Crippen molar-refractivity contribution in [2.75, 3.05) is 11.9 Å². The second-order valence-electron chi connectivity index (χ2n) is 9.33. The highest BCUT2D eigenvalue weighted by atomic mass is 35.5. The van der Waals surface area contributed by atoms with Crippen LogP contribution in [0, 0.1) is 0 Å². The van der Waals surface area contributed by atoms with Crippen LogP contribution in [0.2, 0.25) is 5.02 Å². The minimum Gasteiger partial charge on any atom is -0.444 e. The second kappa shape index (κ2) is 11.2. The lowest BCUT2D eigenvalue weighted by molar-refractivity contribution is 0.0224. The van der Waals surface area contributed by atoms with Crippen molar-refractivity contribution in [1.29, 1.82) is 0 Å². The molecular formula is C27H29ClN6O2. The zero-order valence-electron chi connectivity index (χ0n) is 20.5. The highest BCUT2D eigenvalue weighted by Crippen LogP contribution is 2.24. The zero-order chi connectivity index (χ0) is 25.5. The largest absolute Gasteiger partial charge is 0.444 e. The van der Waals surface area contributed by atoms with E-state index >= 15 is 0 Å². The van der Waals surface area contributed by atoms with Gasteiger partial charge in [-0.1, -0.05) is 41.9 Å². The number of carbonyl (C=O) groups is 1. The lowest BCUT2D eigenvalue weighted by Crippen LogP contribution is -2.40. The zero-order valence-corrected chi connectivity index (χ0v) is 21.2. The number of rotatable bonds is 8. The summed E-state index contributed by atoms with van der Waals surface area (Å²) < 4.78 is 5.74. The molecule has 0 bridgehead atoms. The van der Waals surface area contributed by atoms with Gasteiger partial charge >= 0.3 is 6.09 Å². The van der Waals surface area contributed by atoms with E-state index in [-0.39, 0.29) is 6.54 Å². The maximum atomic E-state index is 13.3. The Morgan fingerprint density at radius 1 is 1.06 bits per heavy atom. The molecule has 0 aliphatic rings.